The molecule has 7 heteroatoms. The van der Waals surface area contributed by atoms with E-state index in [1.165, 1.54) is 0 Å². The molecule has 0 aromatic heterocycles. The van der Waals surface area contributed by atoms with Crippen molar-refractivity contribution in [2.45, 2.75) is 13.3 Å². The molecule has 0 heterocycles. The van der Waals surface area contributed by atoms with Gasteiger partial charge in [-0.3, -0.25) is 14.5 Å². The average Bonchev–Trinajstić information content (AvgIpc) is 2.35. The van der Waals surface area contributed by atoms with Gasteiger partial charge in [0.1, 0.15) is 6.61 Å². The van der Waals surface area contributed by atoms with Crippen LogP contribution in [0.3, 0.4) is 0 Å². The van der Waals surface area contributed by atoms with Crippen molar-refractivity contribution in [1.29, 1.82) is 0 Å². The van der Waals surface area contributed by atoms with Crippen molar-refractivity contribution < 1.29 is 28.9 Å². The third-order valence-corrected chi connectivity index (χ3v) is 2.17. The lowest BCUT2D eigenvalue weighted by Gasteiger charge is -2.14. The van der Waals surface area contributed by atoms with Crippen molar-refractivity contribution in [3.63, 3.8) is 0 Å². The number of carboxylic acids is 1. The van der Waals surface area contributed by atoms with Crippen LogP contribution >= 0.6 is 0 Å². The van der Waals surface area contributed by atoms with Gasteiger partial charge in [0, 0.05) is 13.2 Å². The molecule has 0 aliphatic rings. The molecular weight excluding hydrogens is 254 g/mol. The third kappa shape index (κ3) is 13.1. The molecule has 7 nitrogen and oxygen atoms in total. The minimum atomic E-state index is -0.886. The Balaban J connectivity index is 3.40. The molecule has 0 bridgehead atoms. The summed E-state index contributed by atoms with van der Waals surface area (Å²) < 4.78 is 15.2. The predicted octanol–water partition coefficient (Wildman–Crippen LogP) is -0.0108. The molecular formula is C12H23NO6. The molecule has 0 atom stereocenters. The summed E-state index contributed by atoms with van der Waals surface area (Å²) in [5.41, 5.74) is 0. The lowest BCUT2D eigenvalue weighted by molar-refractivity contribution is -0.147. The molecule has 0 amide bonds. The number of aliphatic carboxylic acids is 1. The van der Waals surface area contributed by atoms with Crippen LogP contribution in [0.4, 0.5) is 0 Å². The molecule has 0 radical (unpaired) electrons. The molecule has 1 N–H and O–H groups in total. The van der Waals surface area contributed by atoms with Crippen LogP contribution in [0.25, 0.3) is 0 Å². The summed E-state index contributed by atoms with van der Waals surface area (Å²) in [5.74, 6) is -1.27. The van der Waals surface area contributed by atoms with Crippen LogP contribution in [0.5, 0.6) is 0 Å². The molecule has 0 rings (SSSR count). The van der Waals surface area contributed by atoms with Crippen molar-refractivity contribution in [3.8, 4) is 0 Å². The van der Waals surface area contributed by atoms with Crippen LogP contribution in [-0.2, 0) is 23.8 Å². The van der Waals surface area contributed by atoms with Crippen LogP contribution in [0.15, 0.2) is 0 Å². The number of nitrogens with zero attached hydrogens (tertiary/aromatic N) is 1. The molecule has 112 valence electrons. The highest BCUT2D eigenvalue weighted by Gasteiger charge is 2.08. The molecule has 0 saturated heterocycles. The van der Waals surface area contributed by atoms with E-state index in [9.17, 15) is 9.59 Å². The first-order valence-corrected chi connectivity index (χ1v) is 6.27. The van der Waals surface area contributed by atoms with Crippen molar-refractivity contribution >= 4 is 11.9 Å². The van der Waals surface area contributed by atoms with Gasteiger partial charge in [0.05, 0.1) is 32.8 Å². The topological polar surface area (TPSA) is 85.3 Å². The number of carbonyl (C=O) groups excluding carboxylic acids is 1. The van der Waals surface area contributed by atoms with Gasteiger partial charge in [-0.25, -0.2) is 0 Å². The van der Waals surface area contributed by atoms with Gasteiger partial charge in [0.25, 0.3) is 0 Å². The summed E-state index contributed by atoms with van der Waals surface area (Å²) in [6.07, 6.45) is 0.00429. The quantitative estimate of drug-likeness (QED) is 0.396. The second kappa shape index (κ2) is 11.9. The number of carbonyl (C=O) groups is 2. The number of rotatable bonds is 12. The Hall–Kier alpha value is -1.18. The average molecular weight is 277 g/mol. The van der Waals surface area contributed by atoms with Gasteiger partial charge in [0.2, 0.25) is 0 Å². The summed E-state index contributed by atoms with van der Waals surface area (Å²) in [7, 11) is 1.67. The highest BCUT2D eigenvalue weighted by atomic mass is 16.6. The fraction of sp³-hybridized carbons (Fsp3) is 0.833. The molecule has 0 spiro atoms. The lowest BCUT2D eigenvalue weighted by Crippen LogP contribution is -2.30. The normalized spacial score (nSPS) is 10.7. The maximum atomic E-state index is 11.3. The summed E-state index contributed by atoms with van der Waals surface area (Å²) in [5, 5.41) is 8.49. The van der Waals surface area contributed by atoms with Gasteiger partial charge >= 0.3 is 11.9 Å². The Morgan fingerprint density at radius 2 is 1.74 bits per heavy atom. The van der Waals surface area contributed by atoms with Gasteiger partial charge in [-0.05, 0) is 14.0 Å². The predicted molar refractivity (Wildman–Crippen MR) is 68.0 cm³/mol. The Bertz CT molecular complexity index is 259. The van der Waals surface area contributed by atoms with E-state index in [-0.39, 0.29) is 25.5 Å². The number of esters is 1. The van der Waals surface area contributed by atoms with Crippen molar-refractivity contribution in [3.05, 3.63) is 0 Å². The lowest BCUT2D eigenvalue weighted by atomic mass is 10.4. The Labute approximate surface area is 113 Å². The maximum Gasteiger partial charge on any atom is 0.320 e. The zero-order chi connectivity index (χ0) is 14.5. The number of carboxylic acid groups (broad SMARTS) is 1. The number of hydrogen-bond donors (Lipinski definition) is 1. The second-order valence-corrected chi connectivity index (χ2v) is 3.91. The van der Waals surface area contributed by atoms with Gasteiger partial charge in [-0.2, -0.15) is 0 Å². The summed E-state index contributed by atoms with van der Waals surface area (Å²) >= 11 is 0. The summed E-state index contributed by atoms with van der Waals surface area (Å²) in [4.78, 5) is 23.3. The van der Waals surface area contributed by atoms with Crippen molar-refractivity contribution in [2.75, 3.05) is 53.2 Å². The highest BCUT2D eigenvalue weighted by Crippen LogP contribution is 1.90. The third-order valence-electron chi connectivity index (χ3n) is 2.17. The van der Waals surface area contributed by atoms with Gasteiger partial charge in [-0.15, -0.1) is 0 Å². The Morgan fingerprint density at radius 1 is 1.11 bits per heavy atom. The molecule has 19 heavy (non-hydrogen) atoms. The van der Waals surface area contributed by atoms with E-state index in [0.29, 0.717) is 33.0 Å². The summed E-state index contributed by atoms with van der Waals surface area (Å²) in [6, 6.07) is 0. The molecule has 0 aliphatic carbocycles. The minimum Gasteiger partial charge on any atom is -0.481 e. The van der Waals surface area contributed by atoms with Crippen LogP contribution < -0.4 is 0 Å². The molecule has 0 aliphatic heterocycles. The molecule has 0 fully saturated rings. The fourth-order valence-corrected chi connectivity index (χ4v) is 1.21. The summed E-state index contributed by atoms with van der Waals surface area (Å²) in [6.45, 7) is 4.48. The van der Waals surface area contributed by atoms with E-state index in [0.717, 1.165) is 0 Å². The zero-order valence-electron chi connectivity index (χ0n) is 11.6. The largest absolute Gasteiger partial charge is 0.481 e. The van der Waals surface area contributed by atoms with E-state index in [1.807, 2.05) is 6.92 Å². The van der Waals surface area contributed by atoms with Crippen molar-refractivity contribution in [2.24, 2.45) is 0 Å². The molecule has 0 unspecified atom stereocenters. The SMILES string of the molecule is CCOCCOCCOC(=O)CN(C)CCC(=O)O. The van der Waals surface area contributed by atoms with Crippen molar-refractivity contribution in [1.82, 2.24) is 4.90 Å². The Kier molecular flexibility index (Phi) is 11.1. The second-order valence-electron chi connectivity index (χ2n) is 3.91. The number of ether oxygens (including phenoxy) is 3. The van der Waals surface area contributed by atoms with Gasteiger partial charge in [0.15, 0.2) is 0 Å². The molecule has 0 aromatic rings. The first kappa shape index (κ1) is 17.8. The van der Waals surface area contributed by atoms with Crippen LogP contribution in [0.2, 0.25) is 0 Å². The number of likely N-dealkylation sites (N-methyl/N-ethyl adjacent to an activating group) is 1. The Morgan fingerprint density at radius 3 is 2.37 bits per heavy atom. The van der Waals surface area contributed by atoms with E-state index in [4.69, 9.17) is 19.3 Å². The minimum absolute atomic E-state index is 0.00429. The van der Waals surface area contributed by atoms with Crippen LogP contribution in [0, 0.1) is 0 Å². The van der Waals surface area contributed by atoms with Gasteiger partial charge < -0.3 is 19.3 Å². The zero-order valence-corrected chi connectivity index (χ0v) is 11.6. The molecule has 0 saturated carbocycles. The number of hydrogen-bond acceptors (Lipinski definition) is 6. The molecule has 0 aromatic carbocycles. The van der Waals surface area contributed by atoms with E-state index in [2.05, 4.69) is 0 Å². The van der Waals surface area contributed by atoms with E-state index < -0.39 is 5.97 Å². The smallest absolute Gasteiger partial charge is 0.320 e. The van der Waals surface area contributed by atoms with Crippen LogP contribution in [0.1, 0.15) is 13.3 Å². The fourth-order valence-electron chi connectivity index (χ4n) is 1.21. The van der Waals surface area contributed by atoms with E-state index >= 15 is 0 Å². The first-order chi connectivity index (χ1) is 9.06. The van der Waals surface area contributed by atoms with Crippen LogP contribution in [-0.4, -0.2) is 75.1 Å². The monoisotopic (exact) mass is 277 g/mol. The standard InChI is InChI=1S/C12H23NO6/c1-3-17-6-7-18-8-9-19-12(16)10-13(2)5-4-11(14)15/h3-10H2,1-2H3,(H,14,15). The van der Waals surface area contributed by atoms with Gasteiger partial charge in [-0.1, -0.05) is 0 Å². The van der Waals surface area contributed by atoms with E-state index in [1.54, 1.807) is 11.9 Å². The first-order valence-electron chi connectivity index (χ1n) is 6.27. The highest BCUT2D eigenvalue weighted by molar-refractivity contribution is 5.71. The maximum absolute atomic E-state index is 11.3.